The molecule has 0 saturated heterocycles. The van der Waals surface area contributed by atoms with Gasteiger partial charge in [-0.05, 0) is 61.0 Å². The molecule has 0 aromatic heterocycles. The van der Waals surface area contributed by atoms with Gasteiger partial charge in [-0.2, -0.15) is 13.9 Å². The van der Waals surface area contributed by atoms with E-state index >= 15 is 0 Å². The van der Waals surface area contributed by atoms with Gasteiger partial charge < -0.3 is 4.74 Å². The van der Waals surface area contributed by atoms with Gasteiger partial charge in [-0.3, -0.25) is 4.79 Å². The van der Waals surface area contributed by atoms with Crippen LogP contribution in [0, 0.1) is 0 Å². The van der Waals surface area contributed by atoms with Crippen molar-refractivity contribution in [3.63, 3.8) is 0 Å². The summed E-state index contributed by atoms with van der Waals surface area (Å²) < 4.78 is 28.4. The molecule has 0 aliphatic heterocycles. The largest absolute Gasteiger partial charge is 0.435 e. The molecule has 23 heavy (non-hydrogen) atoms. The minimum Gasteiger partial charge on any atom is -0.435 e. The average Bonchev–Trinajstić information content (AvgIpc) is 2.53. The third kappa shape index (κ3) is 5.03. The second kappa shape index (κ2) is 7.69. The van der Waals surface area contributed by atoms with E-state index in [0.717, 1.165) is 0 Å². The van der Waals surface area contributed by atoms with Crippen LogP contribution in [0.1, 0.15) is 22.8 Å². The normalized spacial score (nSPS) is 11.4. The van der Waals surface area contributed by atoms with Crippen molar-refractivity contribution >= 4 is 23.2 Å². The molecule has 2 aromatic carbocycles. The van der Waals surface area contributed by atoms with Crippen LogP contribution >= 0.6 is 11.6 Å². The number of hydrazone groups is 1. The summed E-state index contributed by atoms with van der Waals surface area (Å²) in [5.74, 6) is -0.319. The molecule has 0 atom stereocenters. The summed E-state index contributed by atoms with van der Waals surface area (Å²) in [5, 5.41) is 4.51. The van der Waals surface area contributed by atoms with E-state index in [1.807, 2.05) is 0 Å². The second-order valence-corrected chi connectivity index (χ2v) is 4.98. The highest BCUT2D eigenvalue weighted by Gasteiger charge is 2.06. The van der Waals surface area contributed by atoms with E-state index in [0.29, 0.717) is 21.9 Å². The highest BCUT2D eigenvalue weighted by atomic mass is 35.5. The first-order chi connectivity index (χ1) is 11.0. The van der Waals surface area contributed by atoms with Crippen LogP contribution in [0.15, 0.2) is 53.6 Å². The van der Waals surface area contributed by atoms with E-state index in [1.54, 1.807) is 43.3 Å². The van der Waals surface area contributed by atoms with E-state index in [2.05, 4.69) is 15.3 Å². The van der Waals surface area contributed by atoms with Gasteiger partial charge in [0.15, 0.2) is 0 Å². The lowest BCUT2D eigenvalue weighted by molar-refractivity contribution is -0.0498. The van der Waals surface area contributed by atoms with Gasteiger partial charge in [0.25, 0.3) is 5.91 Å². The van der Waals surface area contributed by atoms with E-state index in [1.165, 1.54) is 12.1 Å². The zero-order valence-corrected chi connectivity index (χ0v) is 12.8. The van der Waals surface area contributed by atoms with Crippen molar-refractivity contribution in [3.8, 4) is 5.75 Å². The van der Waals surface area contributed by atoms with Crippen molar-refractivity contribution in [2.24, 2.45) is 5.10 Å². The summed E-state index contributed by atoms with van der Waals surface area (Å²) in [6, 6.07) is 12.3. The number of alkyl halides is 2. The van der Waals surface area contributed by atoms with Crippen molar-refractivity contribution in [1.82, 2.24) is 5.43 Å². The van der Waals surface area contributed by atoms with Crippen LogP contribution in [0.3, 0.4) is 0 Å². The Morgan fingerprint density at radius 1 is 1.09 bits per heavy atom. The molecule has 2 aromatic rings. The molecule has 0 heterocycles. The van der Waals surface area contributed by atoms with Crippen molar-refractivity contribution in [1.29, 1.82) is 0 Å². The SMILES string of the molecule is C/C(=N\NC(=O)c1ccc(Cl)cc1)c1ccc(OC(F)F)cc1. The molecule has 0 radical (unpaired) electrons. The standard InChI is InChI=1S/C16H13ClF2N2O2/c1-10(11-4-8-14(9-5-11)23-16(18)19)20-21-15(22)12-2-6-13(17)7-3-12/h2-9,16H,1H3,(H,21,22)/b20-10+. The fraction of sp³-hybridized carbons (Fsp3) is 0.125. The lowest BCUT2D eigenvalue weighted by Crippen LogP contribution is -2.19. The molecule has 0 spiro atoms. The maximum atomic E-state index is 12.1. The highest BCUT2D eigenvalue weighted by Crippen LogP contribution is 2.15. The lowest BCUT2D eigenvalue weighted by atomic mass is 10.1. The summed E-state index contributed by atoms with van der Waals surface area (Å²) in [4.78, 5) is 11.9. The Labute approximate surface area is 136 Å². The molecule has 7 heteroatoms. The summed E-state index contributed by atoms with van der Waals surface area (Å²) in [5.41, 5.74) is 4.03. The van der Waals surface area contributed by atoms with E-state index in [-0.39, 0.29) is 11.7 Å². The number of hydrogen-bond donors (Lipinski definition) is 1. The fourth-order valence-electron chi connectivity index (χ4n) is 1.74. The Balaban J connectivity index is 2.01. The van der Waals surface area contributed by atoms with Crippen LogP contribution in [0.5, 0.6) is 5.75 Å². The first kappa shape index (κ1) is 16.9. The number of carbonyl (C=O) groups excluding carboxylic acids is 1. The van der Waals surface area contributed by atoms with E-state index in [9.17, 15) is 13.6 Å². The van der Waals surface area contributed by atoms with Crippen LogP contribution in [0.2, 0.25) is 5.02 Å². The number of hydrogen-bond acceptors (Lipinski definition) is 3. The van der Waals surface area contributed by atoms with Gasteiger partial charge in [0.05, 0.1) is 5.71 Å². The van der Waals surface area contributed by atoms with E-state index in [4.69, 9.17) is 11.6 Å². The molecule has 0 unspecified atom stereocenters. The molecule has 0 aliphatic rings. The van der Waals surface area contributed by atoms with Gasteiger partial charge in [-0.1, -0.05) is 11.6 Å². The summed E-state index contributed by atoms with van der Waals surface area (Å²) >= 11 is 5.75. The summed E-state index contributed by atoms with van der Waals surface area (Å²) in [6.07, 6.45) is 0. The Bertz CT molecular complexity index is 701. The number of benzene rings is 2. The minimum absolute atomic E-state index is 0.0572. The monoisotopic (exact) mass is 338 g/mol. The van der Waals surface area contributed by atoms with Gasteiger partial charge >= 0.3 is 6.61 Å². The predicted octanol–water partition coefficient (Wildman–Crippen LogP) is 4.10. The molecule has 0 fully saturated rings. The zero-order valence-electron chi connectivity index (χ0n) is 12.1. The topological polar surface area (TPSA) is 50.7 Å². The van der Waals surface area contributed by atoms with Crippen molar-refractivity contribution in [3.05, 3.63) is 64.7 Å². The van der Waals surface area contributed by atoms with Crippen LogP contribution < -0.4 is 10.2 Å². The van der Waals surface area contributed by atoms with Crippen LogP contribution in [-0.2, 0) is 0 Å². The van der Waals surface area contributed by atoms with Gasteiger partial charge in [-0.15, -0.1) is 0 Å². The van der Waals surface area contributed by atoms with E-state index < -0.39 is 6.61 Å². The molecule has 0 aliphatic carbocycles. The number of rotatable bonds is 5. The van der Waals surface area contributed by atoms with Crippen molar-refractivity contribution in [2.75, 3.05) is 0 Å². The number of nitrogens with one attached hydrogen (secondary N) is 1. The number of nitrogens with zero attached hydrogens (tertiary/aromatic N) is 1. The van der Waals surface area contributed by atoms with Crippen LogP contribution in [0.4, 0.5) is 8.78 Å². The maximum absolute atomic E-state index is 12.1. The van der Waals surface area contributed by atoms with Gasteiger partial charge in [0.2, 0.25) is 0 Å². The van der Waals surface area contributed by atoms with Crippen LogP contribution in [0.25, 0.3) is 0 Å². The van der Waals surface area contributed by atoms with Crippen LogP contribution in [-0.4, -0.2) is 18.2 Å². The van der Waals surface area contributed by atoms with Crippen molar-refractivity contribution in [2.45, 2.75) is 13.5 Å². The average molecular weight is 339 g/mol. The number of amides is 1. The zero-order chi connectivity index (χ0) is 16.8. The minimum atomic E-state index is -2.87. The molecule has 0 bridgehead atoms. The Morgan fingerprint density at radius 2 is 1.65 bits per heavy atom. The smallest absolute Gasteiger partial charge is 0.387 e. The molecular formula is C16H13ClF2N2O2. The lowest BCUT2D eigenvalue weighted by Gasteiger charge is -2.06. The second-order valence-electron chi connectivity index (χ2n) is 4.55. The molecule has 4 nitrogen and oxygen atoms in total. The number of carbonyl (C=O) groups is 1. The van der Waals surface area contributed by atoms with Gasteiger partial charge in [0.1, 0.15) is 5.75 Å². The first-order valence-corrected chi connectivity index (χ1v) is 6.99. The Hall–Kier alpha value is -2.47. The van der Waals surface area contributed by atoms with Gasteiger partial charge in [-0.25, -0.2) is 5.43 Å². The summed E-state index contributed by atoms with van der Waals surface area (Å²) in [7, 11) is 0. The molecule has 1 N–H and O–H groups in total. The molecule has 0 saturated carbocycles. The Kier molecular flexibility index (Phi) is 5.65. The molecule has 1 amide bonds. The molecule has 120 valence electrons. The number of ether oxygens (including phenoxy) is 1. The predicted molar refractivity (Wildman–Crippen MR) is 84.2 cm³/mol. The Morgan fingerprint density at radius 3 is 2.22 bits per heavy atom. The highest BCUT2D eigenvalue weighted by molar-refractivity contribution is 6.30. The molecular weight excluding hydrogens is 326 g/mol. The third-order valence-electron chi connectivity index (χ3n) is 2.93. The number of halogens is 3. The molecule has 2 rings (SSSR count). The fourth-order valence-corrected chi connectivity index (χ4v) is 1.87. The summed E-state index contributed by atoms with van der Waals surface area (Å²) in [6.45, 7) is -1.18. The first-order valence-electron chi connectivity index (χ1n) is 6.61. The third-order valence-corrected chi connectivity index (χ3v) is 3.18. The maximum Gasteiger partial charge on any atom is 0.387 e. The van der Waals surface area contributed by atoms with Crippen molar-refractivity contribution < 1.29 is 18.3 Å². The quantitative estimate of drug-likeness (QED) is 0.659. The van der Waals surface area contributed by atoms with Gasteiger partial charge in [0, 0.05) is 10.6 Å².